The lowest BCUT2D eigenvalue weighted by atomic mass is 10.2. The molecule has 6 heteroatoms. The minimum atomic E-state index is -1.07. The van der Waals surface area contributed by atoms with Gasteiger partial charge in [0.25, 0.3) is 0 Å². The summed E-state index contributed by atoms with van der Waals surface area (Å²) < 4.78 is 5.06. The molecule has 0 spiro atoms. The third-order valence-electron chi connectivity index (χ3n) is 1.86. The first-order chi connectivity index (χ1) is 6.99. The zero-order chi connectivity index (χ0) is 11.8. The molecule has 0 fully saturated rings. The van der Waals surface area contributed by atoms with E-state index in [0.717, 1.165) is 0 Å². The van der Waals surface area contributed by atoms with Crippen LogP contribution in [0.3, 0.4) is 0 Å². The van der Waals surface area contributed by atoms with Gasteiger partial charge in [0.05, 0.1) is 19.1 Å². The molecule has 3 N–H and O–H groups in total. The van der Waals surface area contributed by atoms with Crippen LogP contribution < -0.4 is 5.73 Å². The van der Waals surface area contributed by atoms with Crippen LogP contribution in [-0.4, -0.2) is 54.7 Å². The minimum absolute atomic E-state index is 0.349. The summed E-state index contributed by atoms with van der Waals surface area (Å²) in [5, 5.41) is 8.45. The standard InChI is InChI=1S/C9H18N2O4/c1-3-15-5-4-11(2)9(14)7(10)6-8(12)13/h7H,3-6,10H2,1-2H3,(H,12,13). The van der Waals surface area contributed by atoms with Gasteiger partial charge in [0, 0.05) is 20.2 Å². The molecule has 1 unspecified atom stereocenters. The van der Waals surface area contributed by atoms with Crippen LogP contribution in [0, 0.1) is 0 Å². The van der Waals surface area contributed by atoms with Gasteiger partial charge >= 0.3 is 5.97 Å². The molecule has 0 saturated carbocycles. The molecule has 0 aromatic rings. The highest BCUT2D eigenvalue weighted by molar-refractivity contribution is 5.85. The van der Waals surface area contributed by atoms with Crippen molar-refractivity contribution >= 4 is 11.9 Å². The number of likely N-dealkylation sites (N-methyl/N-ethyl adjacent to an activating group) is 1. The molecule has 0 saturated heterocycles. The van der Waals surface area contributed by atoms with Crippen molar-refractivity contribution in [2.45, 2.75) is 19.4 Å². The van der Waals surface area contributed by atoms with Crippen molar-refractivity contribution in [1.82, 2.24) is 4.90 Å². The molecular formula is C9H18N2O4. The van der Waals surface area contributed by atoms with Crippen LogP contribution in [0.25, 0.3) is 0 Å². The van der Waals surface area contributed by atoms with Crippen molar-refractivity contribution in [1.29, 1.82) is 0 Å². The number of carboxylic acid groups (broad SMARTS) is 1. The Morgan fingerprint density at radius 3 is 2.60 bits per heavy atom. The van der Waals surface area contributed by atoms with Crippen LogP contribution in [-0.2, 0) is 14.3 Å². The Morgan fingerprint density at radius 1 is 1.53 bits per heavy atom. The van der Waals surface area contributed by atoms with E-state index in [0.29, 0.717) is 19.8 Å². The monoisotopic (exact) mass is 218 g/mol. The molecule has 0 aromatic carbocycles. The predicted molar refractivity (Wildman–Crippen MR) is 54.4 cm³/mol. The summed E-state index contributed by atoms with van der Waals surface area (Å²) in [4.78, 5) is 23.2. The van der Waals surface area contributed by atoms with Crippen molar-refractivity contribution in [2.75, 3.05) is 26.8 Å². The summed E-state index contributed by atoms with van der Waals surface area (Å²) in [5.41, 5.74) is 5.41. The highest BCUT2D eigenvalue weighted by Crippen LogP contribution is 1.95. The Hall–Kier alpha value is -1.14. The van der Waals surface area contributed by atoms with Gasteiger partial charge in [0.15, 0.2) is 0 Å². The van der Waals surface area contributed by atoms with Crippen molar-refractivity contribution < 1.29 is 19.4 Å². The number of hydrogen-bond donors (Lipinski definition) is 2. The van der Waals surface area contributed by atoms with Crippen molar-refractivity contribution in [3.63, 3.8) is 0 Å². The van der Waals surface area contributed by atoms with Gasteiger partial charge in [0.1, 0.15) is 0 Å². The topological polar surface area (TPSA) is 92.9 Å². The fourth-order valence-electron chi connectivity index (χ4n) is 1.01. The molecule has 0 rings (SSSR count). The number of ether oxygens (including phenoxy) is 1. The largest absolute Gasteiger partial charge is 0.481 e. The fraction of sp³-hybridized carbons (Fsp3) is 0.778. The summed E-state index contributed by atoms with van der Waals surface area (Å²) in [6, 6.07) is -0.978. The van der Waals surface area contributed by atoms with E-state index in [4.69, 9.17) is 15.6 Å². The van der Waals surface area contributed by atoms with Crippen LogP contribution in [0.1, 0.15) is 13.3 Å². The van der Waals surface area contributed by atoms with Crippen LogP contribution >= 0.6 is 0 Å². The summed E-state index contributed by atoms with van der Waals surface area (Å²) in [6.45, 7) is 3.29. The van der Waals surface area contributed by atoms with E-state index in [-0.39, 0.29) is 12.3 Å². The Bertz CT molecular complexity index is 220. The maximum atomic E-state index is 11.5. The SMILES string of the molecule is CCOCCN(C)C(=O)C(N)CC(=O)O. The molecular weight excluding hydrogens is 200 g/mol. The van der Waals surface area contributed by atoms with Crippen LogP contribution in [0.2, 0.25) is 0 Å². The fourth-order valence-corrected chi connectivity index (χ4v) is 1.01. The van der Waals surface area contributed by atoms with E-state index >= 15 is 0 Å². The summed E-state index contributed by atoms with van der Waals surface area (Å²) >= 11 is 0. The number of hydrogen-bond acceptors (Lipinski definition) is 4. The molecule has 0 aliphatic carbocycles. The predicted octanol–water partition coefficient (Wildman–Crippen LogP) is -0.717. The third kappa shape index (κ3) is 6.03. The van der Waals surface area contributed by atoms with Crippen LogP contribution in [0.5, 0.6) is 0 Å². The molecule has 0 aliphatic rings. The maximum absolute atomic E-state index is 11.5. The molecule has 0 aliphatic heterocycles. The van der Waals surface area contributed by atoms with Crippen molar-refractivity contribution in [2.24, 2.45) is 5.73 Å². The lowest BCUT2D eigenvalue weighted by Crippen LogP contribution is -2.44. The zero-order valence-corrected chi connectivity index (χ0v) is 9.10. The van der Waals surface area contributed by atoms with Crippen LogP contribution in [0.15, 0.2) is 0 Å². The Kier molecular flexibility index (Phi) is 6.64. The molecule has 0 radical (unpaired) electrons. The summed E-state index contributed by atoms with van der Waals surface area (Å²) in [7, 11) is 1.57. The van der Waals surface area contributed by atoms with E-state index in [2.05, 4.69) is 0 Å². The van der Waals surface area contributed by atoms with Gasteiger partial charge in [-0.25, -0.2) is 0 Å². The second-order valence-corrected chi connectivity index (χ2v) is 3.16. The zero-order valence-electron chi connectivity index (χ0n) is 9.10. The number of aliphatic carboxylic acids is 1. The molecule has 88 valence electrons. The second-order valence-electron chi connectivity index (χ2n) is 3.16. The minimum Gasteiger partial charge on any atom is -0.481 e. The average molecular weight is 218 g/mol. The highest BCUT2D eigenvalue weighted by Gasteiger charge is 2.20. The molecule has 15 heavy (non-hydrogen) atoms. The van der Waals surface area contributed by atoms with Gasteiger partial charge in [-0.05, 0) is 6.92 Å². The first kappa shape index (κ1) is 13.9. The van der Waals surface area contributed by atoms with Gasteiger partial charge in [0.2, 0.25) is 5.91 Å². The highest BCUT2D eigenvalue weighted by atomic mass is 16.5. The Labute approximate surface area is 89.0 Å². The van der Waals surface area contributed by atoms with Gasteiger partial charge in [-0.2, -0.15) is 0 Å². The van der Waals surface area contributed by atoms with E-state index in [9.17, 15) is 9.59 Å². The van der Waals surface area contributed by atoms with Gasteiger partial charge in [-0.3, -0.25) is 9.59 Å². The van der Waals surface area contributed by atoms with Gasteiger partial charge in [-0.1, -0.05) is 0 Å². The number of carboxylic acids is 1. The Balaban J connectivity index is 3.90. The van der Waals surface area contributed by atoms with Gasteiger partial charge in [-0.15, -0.1) is 0 Å². The molecule has 1 amide bonds. The molecule has 0 heterocycles. The van der Waals surface area contributed by atoms with Crippen molar-refractivity contribution in [3.8, 4) is 0 Å². The first-order valence-corrected chi connectivity index (χ1v) is 4.79. The Morgan fingerprint density at radius 2 is 2.13 bits per heavy atom. The van der Waals surface area contributed by atoms with E-state index in [1.807, 2.05) is 6.92 Å². The normalized spacial score (nSPS) is 12.2. The smallest absolute Gasteiger partial charge is 0.305 e. The molecule has 0 bridgehead atoms. The number of nitrogens with two attached hydrogens (primary N) is 1. The molecule has 1 atom stereocenters. The third-order valence-corrected chi connectivity index (χ3v) is 1.86. The van der Waals surface area contributed by atoms with Gasteiger partial charge < -0.3 is 20.5 Å². The van der Waals surface area contributed by atoms with E-state index in [1.54, 1.807) is 7.05 Å². The molecule has 0 aromatic heterocycles. The summed E-state index contributed by atoms with van der Waals surface area (Å²) in [6.07, 6.45) is -0.349. The maximum Gasteiger partial charge on any atom is 0.305 e. The van der Waals surface area contributed by atoms with E-state index in [1.165, 1.54) is 4.90 Å². The van der Waals surface area contributed by atoms with E-state index < -0.39 is 12.0 Å². The first-order valence-electron chi connectivity index (χ1n) is 4.79. The number of rotatable bonds is 7. The lowest BCUT2D eigenvalue weighted by Gasteiger charge is -2.20. The quantitative estimate of drug-likeness (QED) is 0.550. The summed E-state index contributed by atoms with van der Waals surface area (Å²) in [5.74, 6) is -1.45. The number of carbonyl (C=O) groups is 2. The second kappa shape index (κ2) is 7.19. The lowest BCUT2D eigenvalue weighted by molar-refractivity contribution is -0.141. The van der Waals surface area contributed by atoms with Crippen LogP contribution in [0.4, 0.5) is 0 Å². The molecule has 6 nitrogen and oxygen atoms in total. The number of amides is 1. The van der Waals surface area contributed by atoms with Crippen molar-refractivity contribution in [3.05, 3.63) is 0 Å². The number of carbonyl (C=O) groups excluding carboxylic acids is 1. The average Bonchev–Trinajstić information content (AvgIpc) is 2.15. The number of nitrogens with zero attached hydrogens (tertiary/aromatic N) is 1.